The number of alkyl halides is 1. The van der Waals surface area contributed by atoms with Gasteiger partial charge in [0.25, 0.3) is 0 Å². The van der Waals surface area contributed by atoms with Gasteiger partial charge in [-0.05, 0) is 40.8 Å². The summed E-state index contributed by atoms with van der Waals surface area (Å²) in [5.41, 5.74) is 4.01. The highest BCUT2D eigenvalue weighted by Gasteiger charge is 2.18. The predicted octanol–water partition coefficient (Wildman–Crippen LogP) is 5.95. The van der Waals surface area contributed by atoms with Gasteiger partial charge in [-0.3, -0.25) is 4.90 Å². The Labute approximate surface area is 182 Å². The number of benzene rings is 2. The quantitative estimate of drug-likeness (QED) is 0.434. The summed E-state index contributed by atoms with van der Waals surface area (Å²) >= 11 is 7.74. The zero-order valence-electron chi connectivity index (χ0n) is 16.8. The molecular weight excluding hydrogens is 400 g/mol. The molecule has 1 aliphatic rings. The fourth-order valence-corrected chi connectivity index (χ4v) is 4.84. The number of para-hydroxylation sites is 1. The number of halogens is 1. The lowest BCUT2D eigenvalue weighted by Crippen LogP contribution is -2.28. The Morgan fingerprint density at radius 2 is 1.97 bits per heavy atom. The third-order valence-electron chi connectivity index (χ3n) is 5.36. The third-order valence-corrected chi connectivity index (χ3v) is 6.55. The fraction of sp³-hybridized carbons (Fsp3) is 0.333. The Morgan fingerprint density at radius 3 is 2.79 bits per heavy atom. The maximum atomic E-state index is 6.33. The average molecular weight is 427 g/mol. The topological polar surface area (TPSA) is 15.7 Å². The van der Waals surface area contributed by atoms with Crippen LogP contribution in [0.15, 0.2) is 66.0 Å². The molecule has 1 aromatic heterocycles. The molecule has 0 amide bonds. The molecule has 0 saturated heterocycles. The molecule has 0 spiro atoms. The van der Waals surface area contributed by atoms with Crippen molar-refractivity contribution in [2.24, 2.45) is 0 Å². The number of nitrogens with zero attached hydrogens (tertiary/aromatic N) is 2. The minimum absolute atomic E-state index is 0.0152. The van der Waals surface area contributed by atoms with E-state index >= 15 is 0 Å². The normalized spacial score (nSPS) is 15.6. The van der Waals surface area contributed by atoms with E-state index in [2.05, 4.69) is 76.8 Å². The molecule has 1 unspecified atom stereocenters. The molecule has 0 saturated carbocycles. The van der Waals surface area contributed by atoms with Crippen LogP contribution in [0.4, 0.5) is 5.69 Å². The lowest BCUT2D eigenvalue weighted by Gasteiger charge is -2.22. The van der Waals surface area contributed by atoms with Gasteiger partial charge in [-0.1, -0.05) is 36.4 Å². The van der Waals surface area contributed by atoms with E-state index in [1.165, 1.54) is 21.7 Å². The summed E-state index contributed by atoms with van der Waals surface area (Å²) in [6, 6.07) is 21.4. The number of hydrogen-bond acceptors (Lipinski definition) is 4. The van der Waals surface area contributed by atoms with Crippen molar-refractivity contribution in [3.8, 4) is 5.75 Å². The Morgan fingerprint density at radius 1 is 1.07 bits per heavy atom. The first-order valence-electron chi connectivity index (χ1n) is 10.1. The summed E-state index contributed by atoms with van der Waals surface area (Å²) in [7, 11) is 2.18. The van der Waals surface area contributed by atoms with E-state index in [0.29, 0.717) is 5.88 Å². The second-order valence-electron chi connectivity index (χ2n) is 7.51. The van der Waals surface area contributed by atoms with Crippen molar-refractivity contribution in [3.63, 3.8) is 0 Å². The van der Waals surface area contributed by atoms with Crippen LogP contribution in [0.3, 0.4) is 0 Å². The van der Waals surface area contributed by atoms with Crippen molar-refractivity contribution in [1.82, 2.24) is 4.90 Å². The number of rotatable bonds is 7. The van der Waals surface area contributed by atoms with Gasteiger partial charge in [-0.15, -0.1) is 22.9 Å². The zero-order valence-corrected chi connectivity index (χ0v) is 18.3. The van der Waals surface area contributed by atoms with Crippen molar-refractivity contribution in [2.45, 2.75) is 25.6 Å². The first-order chi connectivity index (χ1) is 14.2. The number of thiophene rings is 1. The molecule has 1 atom stereocenters. The predicted molar refractivity (Wildman–Crippen MR) is 123 cm³/mol. The van der Waals surface area contributed by atoms with Gasteiger partial charge in [-0.2, -0.15) is 0 Å². The summed E-state index contributed by atoms with van der Waals surface area (Å²) < 4.78 is 6.33. The lowest BCUT2D eigenvalue weighted by atomic mass is 10.1. The van der Waals surface area contributed by atoms with Gasteiger partial charge in [0.05, 0.1) is 0 Å². The van der Waals surface area contributed by atoms with Gasteiger partial charge in [0.1, 0.15) is 11.9 Å². The van der Waals surface area contributed by atoms with Crippen molar-refractivity contribution >= 4 is 28.6 Å². The molecule has 3 aromatic rings. The molecule has 2 heterocycles. The van der Waals surface area contributed by atoms with E-state index in [1.54, 1.807) is 11.3 Å². The Bertz CT molecular complexity index is 915. The van der Waals surface area contributed by atoms with E-state index in [9.17, 15) is 0 Å². The highest BCUT2D eigenvalue weighted by Crippen LogP contribution is 2.30. The van der Waals surface area contributed by atoms with Gasteiger partial charge in [0.15, 0.2) is 0 Å². The van der Waals surface area contributed by atoms with Crippen LogP contribution in [0, 0.1) is 0 Å². The van der Waals surface area contributed by atoms with Crippen LogP contribution < -0.4 is 9.64 Å². The number of anilines is 1. The molecule has 4 rings (SSSR count). The van der Waals surface area contributed by atoms with Crippen molar-refractivity contribution in [2.75, 3.05) is 30.9 Å². The van der Waals surface area contributed by atoms with Crippen LogP contribution in [0.25, 0.3) is 0 Å². The smallest absolute Gasteiger partial charge is 0.134 e. The highest BCUT2D eigenvalue weighted by molar-refractivity contribution is 7.10. The SMILES string of the molecule is CN1CCN(Cc2cccc(OC(CCCl)c3cccs3)c2)Cc2ccccc21. The summed E-state index contributed by atoms with van der Waals surface area (Å²) in [6.07, 6.45) is 0.822. The van der Waals surface area contributed by atoms with Crippen molar-refractivity contribution in [3.05, 3.63) is 82.0 Å². The maximum absolute atomic E-state index is 6.33. The second kappa shape index (κ2) is 9.66. The van der Waals surface area contributed by atoms with Gasteiger partial charge in [0, 0.05) is 56.1 Å². The molecule has 152 valence electrons. The van der Waals surface area contributed by atoms with Crippen LogP contribution in [-0.2, 0) is 13.1 Å². The second-order valence-corrected chi connectivity index (χ2v) is 8.87. The van der Waals surface area contributed by atoms with Crippen LogP contribution in [0.2, 0.25) is 0 Å². The summed E-state index contributed by atoms with van der Waals surface area (Å²) in [5.74, 6) is 1.50. The van der Waals surface area contributed by atoms with Gasteiger partial charge >= 0.3 is 0 Å². The molecule has 2 aromatic carbocycles. The number of hydrogen-bond donors (Lipinski definition) is 0. The van der Waals surface area contributed by atoms with Crippen LogP contribution in [0.1, 0.15) is 28.5 Å². The third kappa shape index (κ3) is 5.13. The average Bonchev–Trinajstić information content (AvgIpc) is 3.22. The number of ether oxygens (including phenoxy) is 1. The Balaban J connectivity index is 1.46. The number of likely N-dealkylation sites (N-methyl/N-ethyl adjacent to an activating group) is 1. The molecule has 0 N–H and O–H groups in total. The van der Waals surface area contributed by atoms with Gasteiger partial charge in [-0.25, -0.2) is 0 Å². The molecule has 0 radical (unpaired) electrons. The minimum atomic E-state index is 0.0152. The Hall–Kier alpha value is -2.01. The van der Waals surface area contributed by atoms with E-state index in [1.807, 2.05) is 6.07 Å². The number of fused-ring (bicyclic) bond motifs is 1. The standard InChI is InChI=1S/C24H27ClN2OS/c1-26-13-14-27(18-20-7-2-3-9-22(20)26)17-19-6-4-8-21(16-19)28-23(11-12-25)24-10-5-15-29-24/h2-10,15-16,23H,11-14,17-18H2,1H3. The molecule has 29 heavy (non-hydrogen) atoms. The lowest BCUT2D eigenvalue weighted by molar-refractivity contribution is 0.205. The molecule has 0 fully saturated rings. The summed E-state index contributed by atoms with van der Waals surface area (Å²) in [5, 5.41) is 2.09. The van der Waals surface area contributed by atoms with Gasteiger partial charge in [0.2, 0.25) is 0 Å². The maximum Gasteiger partial charge on any atom is 0.134 e. The highest BCUT2D eigenvalue weighted by atomic mass is 35.5. The molecule has 0 aliphatic carbocycles. The minimum Gasteiger partial charge on any atom is -0.485 e. The molecular formula is C24H27ClN2OS. The largest absolute Gasteiger partial charge is 0.485 e. The van der Waals surface area contributed by atoms with E-state index < -0.39 is 0 Å². The zero-order chi connectivity index (χ0) is 20.1. The van der Waals surface area contributed by atoms with E-state index in [0.717, 1.165) is 38.3 Å². The van der Waals surface area contributed by atoms with Crippen LogP contribution in [-0.4, -0.2) is 30.9 Å². The van der Waals surface area contributed by atoms with Crippen LogP contribution >= 0.6 is 22.9 Å². The molecule has 3 nitrogen and oxygen atoms in total. The Kier molecular flexibility index (Phi) is 6.75. The van der Waals surface area contributed by atoms with Gasteiger partial charge < -0.3 is 9.64 Å². The van der Waals surface area contributed by atoms with Crippen molar-refractivity contribution < 1.29 is 4.74 Å². The monoisotopic (exact) mass is 426 g/mol. The fourth-order valence-electron chi connectivity index (χ4n) is 3.86. The van der Waals surface area contributed by atoms with Crippen LogP contribution in [0.5, 0.6) is 5.75 Å². The van der Waals surface area contributed by atoms with E-state index in [-0.39, 0.29) is 6.10 Å². The first-order valence-corrected chi connectivity index (χ1v) is 11.5. The molecule has 1 aliphatic heterocycles. The summed E-state index contributed by atoms with van der Waals surface area (Å²) in [6.45, 7) is 3.96. The van der Waals surface area contributed by atoms with Crippen molar-refractivity contribution in [1.29, 1.82) is 0 Å². The molecule has 5 heteroatoms. The summed E-state index contributed by atoms with van der Waals surface area (Å²) in [4.78, 5) is 6.09. The first kappa shape index (κ1) is 20.3. The molecule has 0 bridgehead atoms. The van der Waals surface area contributed by atoms with E-state index in [4.69, 9.17) is 16.3 Å².